The summed E-state index contributed by atoms with van der Waals surface area (Å²) in [7, 11) is 0. The zero-order valence-corrected chi connectivity index (χ0v) is 24.9. The molecule has 0 aromatic heterocycles. The maximum Gasteiger partial charge on any atom is 0.336 e. The van der Waals surface area contributed by atoms with Crippen LogP contribution in [0.15, 0.2) is 51.7 Å². The van der Waals surface area contributed by atoms with E-state index in [0.29, 0.717) is 0 Å². The summed E-state index contributed by atoms with van der Waals surface area (Å²) in [5, 5.41) is 52.2. The molecule has 7 N–H and O–H groups in total. The van der Waals surface area contributed by atoms with Crippen LogP contribution in [0, 0.1) is 0 Å². The molecule has 0 saturated carbocycles. The average molecular weight is 675 g/mol. The molecule has 1 aliphatic heterocycles. The number of unbranched alkanes of at least 4 members (excludes halogenated alkanes) is 1. The summed E-state index contributed by atoms with van der Waals surface area (Å²) in [6.45, 7) is 0.0370. The zero-order chi connectivity index (χ0) is 33.9. The van der Waals surface area contributed by atoms with Gasteiger partial charge in [-0.25, -0.2) is 14.4 Å². The van der Waals surface area contributed by atoms with Gasteiger partial charge in [0, 0.05) is 40.8 Å². The Morgan fingerprint density at radius 2 is 1.52 bits per heavy atom. The lowest BCUT2D eigenvalue weighted by Crippen LogP contribution is -2.51. The molecule has 14 nitrogen and oxygen atoms in total. The minimum absolute atomic E-state index is 0.0250. The number of carboxylic acid groups (broad SMARTS) is 4. The summed E-state index contributed by atoms with van der Waals surface area (Å²) in [6.07, 6.45) is 0.265. The third-order valence-electron chi connectivity index (χ3n) is 6.99. The number of aromatic hydroxyl groups is 1. The van der Waals surface area contributed by atoms with Crippen molar-refractivity contribution in [3.8, 4) is 28.2 Å². The van der Waals surface area contributed by atoms with Gasteiger partial charge in [-0.3, -0.25) is 19.7 Å². The highest BCUT2D eigenvalue weighted by Crippen LogP contribution is 2.44. The smallest absolute Gasteiger partial charge is 0.336 e. The molecule has 1 amide bonds. The van der Waals surface area contributed by atoms with Gasteiger partial charge in [-0.1, -0.05) is 23.2 Å². The van der Waals surface area contributed by atoms with Crippen LogP contribution in [-0.2, 0) is 14.4 Å². The maximum atomic E-state index is 13.1. The molecule has 1 unspecified atom stereocenters. The van der Waals surface area contributed by atoms with Crippen LogP contribution in [0.1, 0.15) is 40.0 Å². The van der Waals surface area contributed by atoms with Crippen LogP contribution in [0.4, 0.5) is 0 Å². The van der Waals surface area contributed by atoms with Crippen LogP contribution < -0.4 is 16.1 Å². The number of carbonyl (C=O) groups excluding carboxylic acids is 1. The molecule has 46 heavy (non-hydrogen) atoms. The van der Waals surface area contributed by atoms with E-state index in [1.54, 1.807) is 0 Å². The van der Waals surface area contributed by atoms with E-state index in [0.717, 1.165) is 6.07 Å². The Hall–Kier alpha value is -5.18. The first-order chi connectivity index (χ1) is 21.7. The van der Waals surface area contributed by atoms with Gasteiger partial charge in [0.2, 0.25) is 11.5 Å². The molecule has 2 aliphatic rings. The number of hydrogen-bond acceptors (Lipinski definition) is 9. The molecule has 0 saturated heterocycles. The fourth-order valence-electron chi connectivity index (χ4n) is 4.77. The predicted octanol–water partition coefficient (Wildman–Crippen LogP) is 3.76. The van der Waals surface area contributed by atoms with E-state index in [9.17, 15) is 44.1 Å². The Morgan fingerprint density at radius 1 is 0.826 bits per heavy atom. The highest BCUT2D eigenvalue weighted by Gasteiger charge is 2.31. The quantitative estimate of drug-likeness (QED) is 0.0608. The van der Waals surface area contributed by atoms with E-state index in [2.05, 4.69) is 10.6 Å². The average Bonchev–Trinajstić information content (AvgIpc) is 2.98. The van der Waals surface area contributed by atoms with Crippen molar-refractivity contribution in [1.82, 2.24) is 10.6 Å². The molecule has 1 atom stereocenters. The van der Waals surface area contributed by atoms with E-state index in [1.165, 1.54) is 36.4 Å². The second kappa shape index (κ2) is 13.9. The minimum Gasteiger partial charge on any atom is -0.506 e. The number of fused-ring (bicyclic) bond motifs is 2. The van der Waals surface area contributed by atoms with Gasteiger partial charge in [0.05, 0.1) is 15.6 Å². The van der Waals surface area contributed by atoms with E-state index < -0.39 is 47.3 Å². The van der Waals surface area contributed by atoms with Gasteiger partial charge < -0.3 is 35.3 Å². The summed E-state index contributed by atoms with van der Waals surface area (Å²) in [5.41, 5.74) is -0.205. The molecule has 4 rings (SSSR count). The Balaban J connectivity index is 1.62. The summed E-state index contributed by atoms with van der Waals surface area (Å²) in [6, 6.07) is 5.17. The number of phenols is 1. The van der Waals surface area contributed by atoms with Crippen molar-refractivity contribution in [3.05, 3.63) is 73.9 Å². The Morgan fingerprint density at radius 3 is 2.15 bits per heavy atom. The van der Waals surface area contributed by atoms with Crippen LogP contribution in [0.2, 0.25) is 10.0 Å². The normalized spacial score (nSPS) is 11.9. The van der Waals surface area contributed by atoms with Gasteiger partial charge in [0.25, 0.3) is 5.91 Å². The van der Waals surface area contributed by atoms with Gasteiger partial charge in [-0.05, 0) is 55.2 Å². The van der Waals surface area contributed by atoms with Crippen molar-refractivity contribution in [1.29, 1.82) is 0 Å². The predicted molar refractivity (Wildman–Crippen MR) is 163 cm³/mol. The van der Waals surface area contributed by atoms with Crippen molar-refractivity contribution < 1.29 is 53.9 Å². The number of carbonyl (C=O) groups is 5. The standard InChI is InChI=1S/C30H24Cl2N2O12/c31-17-8-15-22(10-20(17)35)46-23-11-21(36)18(32)9-16(23)24(15)14-7-12(4-5-13(14)27(38)39)26(37)33-6-2-1-3-19(28(40)41)34-25(29(42)43)30(44)45/h4-5,7-11,19,25,34-35H,1-3,6H2,(H,33,37)(H,38,39)(H,40,41)(H,42,43)(H,44,45). The number of rotatable bonds is 13. The molecule has 0 fully saturated rings. The number of halogens is 2. The van der Waals surface area contributed by atoms with Crippen LogP contribution in [0.25, 0.3) is 33.4 Å². The molecule has 1 aliphatic carbocycles. The van der Waals surface area contributed by atoms with Crippen LogP contribution in [0.5, 0.6) is 5.75 Å². The van der Waals surface area contributed by atoms with Gasteiger partial charge in [0.15, 0.2) is 0 Å². The van der Waals surface area contributed by atoms with Crippen molar-refractivity contribution in [3.63, 3.8) is 0 Å². The third-order valence-corrected chi connectivity index (χ3v) is 7.59. The number of aromatic carboxylic acids is 1. The topological polar surface area (TPSA) is 241 Å². The van der Waals surface area contributed by atoms with E-state index in [1.807, 2.05) is 0 Å². The summed E-state index contributed by atoms with van der Waals surface area (Å²) in [5.74, 6) is -7.20. The number of benzene rings is 3. The molecule has 2 aromatic rings. The summed E-state index contributed by atoms with van der Waals surface area (Å²) >= 11 is 12.3. The largest absolute Gasteiger partial charge is 0.506 e. The lowest BCUT2D eigenvalue weighted by molar-refractivity contribution is -0.152. The molecule has 240 valence electrons. The molecular weight excluding hydrogens is 651 g/mol. The zero-order valence-electron chi connectivity index (χ0n) is 23.4. The molecular formula is C30H24Cl2N2O12. The number of aliphatic carboxylic acids is 3. The summed E-state index contributed by atoms with van der Waals surface area (Å²) < 4.78 is 5.81. The number of carboxylic acids is 4. The van der Waals surface area contributed by atoms with Crippen LogP contribution >= 0.6 is 23.2 Å². The van der Waals surface area contributed by atoms with Gasteiger partial charge in [0.1, 0.15) is 23.1 Å². The monoisotopic (exact) mass is 674 g/mol. The first-order valence-electron chi connectivity index (χ1n) is 13.4. The fourth-order valence-corrected chi connectivity index (χ4v) is 5.10. The van der Waals surface area contributed by atoms with Crippen LogP contribution in [0.3, 0.4) is 0 Å². The van der Waals surface area contributed by atoms with Crippen LogP contribution in [-0.4, -0.2) is 73.9 Å². The van der Waals surface area contributed by atoms with Gasteiger partial charge in [-0.15, -0.1) is 0 Å². The first-order valence-corrected chi connectivity index (χ1v) is 14.1. The molecule has 0 bridgehead atoms. The van der Waals surface area contributed by atoms with Crippen molar-refractivity contribution in [2.45, 2.75) is 31.3 Å². The molecule has 1 heterocycles. The SMILES string of the molecule is O=C(NCCCCC(NC(C(=O)O)C(=O)O)C(=O)O)c1ccc(C(=O)O)c(-c2c3cc(Cl)c(=O)cc-3oc3cc(O)c(Cl)cc23)c1. The highest BCUT2D eigenvalue weighted by molar-refractivity contribution is 6.33. The summed E-state index contributed by atoms with van der Waals surface area (Å²) in [4.78, 5) is 71.4. The van der Waals surface area contributed by atoms with Crippen molar-refractivity contribution >= 4 is 64.0 Å². The number of phenolic OH excluding ortho intramolecular Hbond substituents is 1. The lowest BCUT2D eigenvalue weighted by atomic mass is 9.89. The van der Waals surface area contributed by atoms with Gasteiger partial charge in [-0.2, -0.15) is 0 Å². The highest BCUT2D eigenvalue weighted by atomic mass is 35.5. The van der Waals surface area contributed by atoms with E-state index in [-0.39, 0.29) is 86.1 Å². The van der Waals surface area contributed by atoms with E-state index in [4.69, 9.17) is 37.8 Å². The minimum atomic E-state index is -2.11. The Kier molecular flexibility index (Phi) is 10.2. The third kappa shape index (κ3) is 7.20. The van der Waals surface area contributed by atoms with Crippen molar-refractivity contribution in [2.75, 3.05) is 6.54 Å². The Labute approximate surface area is 268 Å². The van der Waals surface area contributed by atoms with Gasteiger partial charge >= 0.3 is 23.9 Å². The number of amides is 1. The fraction of sp³-hybridized carbons (Fsp3) is 0.200. The maximum absolute atomic E-state index is 13.1. The molecule has 16 heteroatoms. The Bertz CT molecular complexity index is 1910. The number of hydrogen-bond donors (Lipinski definition) is 7. The molecule has 0 spiro atoms. The first kappa shape index (κ1) is 33.7. The van der Waals surface area contributed by atoms with E-state index >= 15 is 0 Å². The van der Waals surface area contributed by atoms with Crippen molar-refractivity contribution in [2.24, 2.45) is 0 Å². The second-order valence-electron chi connectivity index (χ2n) is 10.0. The second-order valence-corrected chi connectivity index (χ2v) is 10.9. The molecule has 0 radical (unpaired) electrons. The number of nitrogens with one attached hydrogen (secondary N) is 2. The molecule has 2 aromatic carbocycles. The lowest BCUT2D eigenvalue weighted by Gasteiger charge is -2.18.